The van der Waals surface area contributed by atoms with Crippen molar-refractivity contribution in [3.8, 4) is 0 Å². The number of amides is 4. The maximum atomic E-state index is 12.8. The van der Waals surface area contributed by atoms with Crippen LogP contribution >= 0.6 is 0 Å². The molecule has 1 aromatic heterocycles. The number of nitrogens with one attached hydrogen (secondary N) is 4. The third kappa shape index (κ3) is 8.81. The first-order chi connectivity index (χ1) is 17.1. The number of nitrogens with two attached hydrogens (primary N) is 2. The zero-order chi connectivity index (χ0) is 26.7. The van der Waals surface area contributed by atoms with E-state index in [0.29, 0.717) is 5.69 Å². The monoisotopic (exact) mass is 503 g/mol. The molecule has 36 heavy (non-hydrogen) atoms. The second kappa shape index (κ2) is 13.6. The molecule has 0 spiro atoms. The second-order valence-corrected chi connectivity index (χ2v) is 7.95. The molecule has 1 aromatic carbocycles. The minimum absolute atomic E-state index is 0.139. The first kappa shape index (κ1) is 27.9. The predicted octanol–water partition coefficient (Wildman–Crippen LogP) is -3.07. The quantitative estimate of drug-likeness (QED) is 0.130. The van der Waals surface area contributed by atoms with E-state index >= 15 is 0 Å². The van der Waals surface area contributed by atoms with Crippen molar-refractivity contribution in [2.24, 2.45) is 11.5 Å². The van der Waals surface area contributed by atoms with Crippen LogP contribution in [-0.4, -0.2) is 80.6 Å². The fraction of sp³-hybridized carbons (Fsp3) is 0.364. The number of hydrogen-bond donors (Lipinski definition) is 8. The molecule has 4 atom stereocenters. The molecule has 2 rings (SSSR count). The standard InChI is InChI=1S/C22H29N7O7/c23-14(6-12-4-2-1-3-5-12)19(32)29-17(10-30)21(34)27-15(7-13-9-25-11-26-13)20(33)28-16(22(35)36)8-18(24)31/h1-5,9,11,14-17,30H,6-8,10,23H2,(H2,24,31)(H,25,26)(H,27,34)(H,28,33)(H,29,32)(H,35,36). The number of aromatic nitrogens is 2. The number of nitrogens with zero attached hydrogens (tertiary/aromatic N) is 1. The van der Waals surface area contributed by atoms with Crippen LogP contribution in [0.2, 0.25) is 0 Å². The molecule has 4 amide bonds. The molecule has 0 radical (unpaired) electrons. The average molecular weight is 504 g/mol. The molecule has 14 nitrogen and oxygen atoms in total. The lowest BCUT2D eigenvalue weighted by atomic mass is 10.1. The zero-order valence-corrected chi connectivity index (χ0v) is 19.2. The van der Waals surface area contributed by atoms with Crippen LogP contribution in [0.4, 0.5) is 0 Å². The molecule has 10 N–H and O–H groups in total. The van der Waals surface area contributed by atoms with E-state index in [1.165, 1.54) is 12.5 Å². The van der Waals surface area contributed by atoms with E-state index in [-0.39, 0.29) is 12.8 Å². The molecule has 14 heteroatoms. The van der Waals surface area contributed by atoms with E-state index in [9.17, 15) is 34.2 Å². The molecule has 0 aliphatic carbocycles. The Morgan fingerprint density at radius 1 is 0.917 bits per heavy atom. The first-order valence-corrected chi connectivity index (χ1v) is 10.9. The first-order valence-electron chi connectivity index (χ1n) is 10.9. The lowest BCUT2D eigenvalue weighted by Gasteiger charge is -2.24. The van der Waals surface area contributed by atoms with E-state index in [1.807, 2.05) is 6.07 Å². The maximum absolute atomic E-state index is 12.8. The van der Waals surface area contributed by atoms with Gasteiger partial charge >= 0.3 is 5.97 Å². The molecule has 1 heterocycles. The highest BCUT2D eigenvalue weighted by molar-refractivity contribution is 5.95. The van der Waals surface area contributed by atoms with Gasteiger partial charge in [0.25, 0.3) is 0 Å². The van der Waals surface area contributed by atoms with Crippen LogP contribution in [0.25, 0.3) is 0 Å². The van der Waals surface area contributed by atoms with E-state index in [0.717, 1.165) is 5.56 Å². The van der Waals surface area contributed by atoms with E-state index in [4.69, 9.17) is 11.5 Å². The van der Waals surface area contributed by atoms with Crippen molar-refractivity contribution in [3.63, 3.8) is 0 Å². The zero-order valence-electron chi connectivity index (χ0n) is 19.2. The number of hydrogen-bond acceptors (Lipinski definition) is 8. The van der Waals surface area contributed by atoms with Crippen molar-refractivity contribution in [1.82, 2.24) is 25.9 Å². The minimum Gasteiger partial charge on any atom is -0.480 e. The normalized spacial score (nSPS) is 14.1. The predicted molar refractivity (Wildman–Crippen MR) is 125 cm³/mol. The molecule has 0 saturated heterocycles. The van der Waals surface area contributed by atoms with Gasteiger partial charge in [-0.15, -0.1) is 0 Å². The Bertz CT molecular complexity index is 1050. The Kier molecular flexibility index (Phi) is 10.5. The molecule has 0 bridgehead atoms. The fourth-order valence-corrected chi connectivity index (χ4v) is 3.20. The lowest BCUT2D eigenvalue weighted by Crippen LogP contribution is -2.58. The van der Waals surface area contributed by atoms with Crippen molar-refractivity contribution in [1.29, 1.82) is 0 Å². The molecule has 194 valence electrons. The molecule has 2 aromatic rings. The second-order valence-electron chi connectivity index (χ2n) is 7.95. The van der Waals surface area contributed by atoms with Crippen molar-refractivity contribution in [3.05, 3.63) is 54.1 Å². The van der Waals surface area contributed by atoms with Gasteiger partial charge in [-0.1, -0.05) is 30.3 Å². The number of benzene rings is 1. The molecule has 0 fully saturated rings. The van der Waals surface area contributed by atoms with Crippen LogP contribution in [-0.2, 0) is 36.8 Å². The van der Waals surface area contributed by atoms with Gasteiger partial charge in [0, 0.05) is 18.3 Å². The van der Waals surface area contributed by atoms with Gasteiger partial charge in [0.1, 0.15) is 18.1 Å². The number of rotatable bonds is 14. The Balaban J connectivity index is 2.09. The number of carboxylic acid groups (broad SMARTS) is 1. The van der Waals surface area contributed by atoms with Crippen molar-refractivity contribution in [2.75, 3.05) is 6.61 Å². The highest BCUT2D eigenvalue weighted by Gasteiger charge is 2.31. The topological polar surface area (TPSA) is 243 Å². The van der Waals surface area contributed by atoms with Crippen molar-refractivity contribution < 1.29 is 34.2 Å². The Hall–Kier alpha value is -4.30. The highest BCUT2D eigenvalue weighted by atomic mass is 16.4. The number of carboxylic acids is 1. The van der Waals surface area contributed by atoms with Gasteiger partial charge in [-0.05, 0) is 12.0 Å². The molecular weight excluding hydrogens is 474 g/mol. The number of H-pyrrole nitrogens is 1. The van der Waals surface area contributed by atoms with Gasteiger partial charge < -0.3 is 42.6 Å². The van der Waals surface area contributed by atoms with E-state index < -0.39 is 66.8 Å². The summed E-state index contributed by atoms with van der Waals surface area (Å²) in [4.78, 5) is 67.2. The molecular formula is C22H29N7O7. The maximum Gasteiger partial charge on any atom is 0.326 e. The molecule has 4 unspecified atom stereocenters. The Morgan fingerprint density at radius 3 is 2.08 bits per heavy atom. The minimum atomic E-state index is -1.62. The summed E-state index contributed by atoms with van der Waals surface area (Å²) in [5.74, 6) is -5.00. The van der Waals surface area contributed by atoms with Crippen LogP contribution in [0, 0.1) is 0 Å². The molecule has 0 aliphatic rings. The van der Waals surface area contributed by atoms with Crippen molar-refractivity contribution >= 4 is 29.6 Å². The summed E-state index contributed by atoms with van der Waals surface area (Å²) in [6.45, 7) is -0.798. The number of carbonyl (C=O) groups is 5. The summed E-state index contributed by atoms with van der Waals surface area (Å²) in [6, 6.07) is 3.51. The highest BCUT2D eigenvalue weighted by Crippen LogP contribution is 2.04. The van der Waals surface area contributed by atoms with Crippen LogP contribution < -0.4 is 27.4 Å². The SMILES string of the molecule is NC(=O)CC(NC(=O)C(Cc1cnc[nH]1)NC(=O)C(CO)NC(=O)C(N)Cc1ccccc1)C(=O)O. The lowest BCUT2D eigenvalue weighted by molar-refractivity contribution is -0.143. The van der Waals surface area contributed by atoms with E-state index in [2.05, 4.69) is 25.9 Å². The largest absolute Gasteiger partial charge is 0.480 e. The van der Waals surface area contributed by atoms with Gasteiger partial charge in [0.05, 0.1) is 25.4 Å². The smallest absolute Gasteiger partial charge is 0.326 e. The summed E-state index contributed by atoms with van der Waals surface area (Å²) < 4.78 is 0. The number of primary amides is 1. The Labute approximate surface area is 205 Å². The number of carbonyl (C=O) groups excluding carboxylic acids is 4. The van der Waals surface area contributed by atoms with Gasteiger partial charge in [0.2, 0.25) is 23.6 Å². The number of aliphatic carboxylic acids is 1. The number of aromatic amines is 1. The fourth-order valence-electron chi connectivity index (χ4n) is 3.20. The Morgan fingerprint density at radius 2 is 1.53 bits per heavy atom. The summed E-state index contributed by atoms with van der Waals surface area (Å²) in [5.41, 5.74) is 12.2. The number of aliphatic hydroxyl groups is 1. The van der Waals surface area contributed by atoms with Gasteiger partial charge in [-0.3, -0.25) is 19.2 Å². The number of aliphatic hydroxyl groups excluding tert-OH is 1. The third-order valence-electron chi connectivity index (χ3n) is 5.08. The van der Waals surface area contributed by atoms with Gasteiger partial charge in [0.15, 0.2) is 0 Å². The van der Waals surface area contributed by atoms with Crippen LogP contribution in [0.5, 0.6) is 0 Å². The van der Waals surface area contributed by atoms with Crippen LogP contribution in [0.15, 0.2) is 42.9 Å². The van der Waals surface area contributed by atoms with Crippen LogP contribution in [0.1, 0.15) is 17.7 Å². The molecule has 0 aliphatic heterocycles. The van der Waals surface area contributed by atoms with Gasteiger partial charge in [-0.2, -0.15) is 0 Å². The summed E-state index contributed by atoms with van der Waals surface area (Å²) in [5, 5.41) is 25.8. The van der Waals surface area contributed by atoms with Crippen molar-refractivity contribution in [2.45, 2.75) is 43.4 Å². The summed E-state index contributed by atoms with van der Waals surface area (Å²) in [6.07, 6.45) is 2.11. The number of imidazole rings is 1. The van der Waals surface area contributed by atoms with E-state index in [1.54, 1.807) is 24.3 Å². The molecule has 0 saturated carbocycles. The van der Waals surface area contributed by atoms with Crippen LogP contribution in [0.3, 0.4) is 0 Å². The summed E-state index contributed by atoms with van der Waals surface area (Å²) >= 11 is 0. The third-order valence-corrected chi connectivity index (χ3v) is 5.08. The average Bonchev–Trinajstić information content (AvgIpc) is 3.34. The van der Waals surface area contributed by atoms with Gasteiger partial charge in [-0.25, -0.2) is 9.78 Å². The summed E-state index contributed by atoms with van der Waals surface area (Å²) in [7, 11) is 0.